The van der Waals surface area contributed by atoms with Crippen molar-refractivity contribution in [1.82, 2.24) is 5.32 Å². The predicted octanol–water partition coefficient (Wildman–Crippen LogP) is 2.99. The van der Waals surface area contributed by atoms with Gasteiger partial charge in [-0.3, -0.25) is 10.1 Å². The van der Waals surface area contributed by atoms with Crippen LogP contribution in [0.3, 0.4) is 0 Å². The van der Waals surface area contributed by atoms with Gasteiger partial charge >= 0.3 is 5.69 Å². The summed E-state index contributed by atoms with van der Waals surface area (Å²) in [4.78, 5) is 10.9. The van der Waals surface area contributed by atoms with Gasteiger partial charge in [0.25, 0.3) is 0 Å². The van der Waals surface area contributed by atoms with Crippen molar-refractivity contribution in [1.29, 1.82) is 0 Å². The molecular weight excluding hydrogens is 296 g/mol. The van der Waals surface area contributed by atoms with E-state index in [1.807, 2.05) is 37.3 Å². The first-order chi connectivity index (χ1) is 11.0. The van der Waals surface area contributed by atoms with Crippen molar-refractivity contribution in [3.63, 3.8) is 0 Å². The first-order valence-corrected chi connectivity index (χ1v) is 7.32. The minimum atomic E-state index is -0.677. The van der Waals surface area contributed by atoms with Gasteiger partial charge in [-0.05, 0) is 18.6 Å². The molecule has 0 fully saturated rings. The molecule has 0 aliphatic carbocycles. The van der Waals surface area contributed by atoms with E-state index in [9.17, 15) is 15.2 Å². The fraction of sp³-hybridized carbons (Fsp3) is 0.294. The molecule has 122 valence electrons. The SMILES string of the molecule is COc1cccc(C(C)NCC(O)c2ccccc2)c1[N+](=O)[O-]. The van der Waals surface area contributed by atoms with Crippen LogP contribution >= 0.6 is 0 Å². The molecule has 2 unspecified atom stereocenters. The van der Waals surface area contributed by atoms with Crippen LogP contribution < -0.4 is 10.1 Å². The van der Waals surface area contributed by atoms with E-state index < -0.39 is 11.0 Å². The molecule has 2 aromatic rings. The third-order valence-corrected chi connectivity index (χ3v) is 3.70. The van der Waals surface area contributed by atoms with Gasteiger partial charge in [0.2, 0.25) is 0 Å². The van der Waals surface area contributed by atoms with Crippen LogP contribution in [0.15, 0.2) is 48.5 Å². The van der Waals surface area contributed by atoms with Gasteiger partial charge in [-0.25, -0.2) is 0 Å². The number of nitro groups is 1. The topological polar surface area (TPSA) is 84.6 Å². The summed E-state index contributed by atoms with van der Waals surface area (Å²) in [6, 6.07) is 13.9. The number of nitro benzene ring substituents is 1. The molecule has 6 heteroatoms. The maximum absolute atomic E-state index is 11.3. The summed E-state index contributed by atoms with van der Waals surface area (Å²) in [6.45, 7) is 2.11. The molecule has 0 aliphatic heterocycles. The van der Waals surface area contributed by atoms with Gasteiger partial charge in [0.05, 0.1) is 23.7 Å². The van der Waals surface area contributed by atoms with Gasteiger partial charge in [0, 0.05) is 12.6 Å². The van der Waals surface area contributed by atoms with Crippen molar-refractivity contribution >= 4 is 5.69 Å². The van der Waals surface area contributed by atoms with Crippen LogP contribution in [-0.2, 0) is 0 Å². The van der Waals surface area contributed by atoms with Crippen LogP contribution in [0.2, 0.25) is 0 Å². The third kappa shape index (κ3) is 4.06. The van der Waals surface area contributed by atoms with E-state index in [0.717, 1.165) is 5.56 Å². The molecule has 2 N–H and O–H groups in total. The van der Waals surface area contributed by atoms with Gasteiger partial charge in [-0.2, -0.15) is 0 Å². The molecule has 2 atom stereocenters. The largest absolute Gasteiger partial charge is 0.490 e. The van der Waals surface area contributed by atoms with Gasteiger partial charge in [0.15, 0.2) is 5.75 Å². The molecule has 6 nitrogen and oxygen atoms in total. The minimum Gasteiger partial charge on any atom is -0.490 e. The molecule has 0 spiro atoms. The molecule has 0 saturated carbocycles. The molecule has 0 aromatic heterocycles. The summed E-state index contributed by atoms with van der Waals surface area (Å²) in [5, 5.41) is 24.6. The molecule has 23 heavy (non-hydrogen) atoms. The molecule has 2 rings (SSSR count). The van der Waals surface area contributed by atoms with E-state index >= 15 is 0 Å². The number of ether oxygens (including phenoxy) is 1. The van der Waals surface area contributed by atoms with Gasteiger partial charge in [0.1, 0.15) is 0 Å². The first-order valence-electron chi connectivity index (χ1n) is 7.32. The van der Waals surface area contributed by atoms with Gasteiger partial charge in [-0.1, -0.05) is 42.5 Å². The highest BCUT2D eigenvalue weighted by molar-refractivity contribution is 5.53. The van der Waals surface area contributed by atoms with Crippen molar-refractivity contribution < 1.29 is 14.8 Å². The number of hydrogen-bond donors (Lipinski definition) is 2. The Balaban J connectivity index is 2.12. The Hall–Kier alpha value is -2.44. The Labute approximate surface area is 134 Å². The highest BCUT2D eigenvalue weighted by Gasteiger charge is 2.24. The second-order valence-electron chi connectivity index (χ2n) is 5.21. The fourth-order valence-electron chi connectivity index (χ4n) is 2.44. The summed E-state index contributed by atoms with van der Waals surface area (Å²) < 4.78 is 5.07. The summed E-state index contributed by atoms with van der Waals surface area (Å²) in [6.07, 6.45) is -0.677. The number of benzene rings is 2. The van der Waals surface area contributed by atoms with Gasteiger partial charge < -0.3 is 15.2 Å². The molecule has 0 radical (unpaired) electrons. The molecular formula is C17H20N2O4. The monoisotopic (exact) mass is 316 g/mol. The Morgan fingerprint density at radius 2 is 1.91 bits per heavy atom. The molecule has 0 amide bonds. The van der Waals surface area contributed by atoms with E-state index in [4.69, 9.17) is 4.74 Å². The van der Waals surface area contributed by atoms with E-state index in [1.54, 1.807) is 18.2 Å². The lowest BCUT2D eigenvalue weighted by Gasteiger charge is -2.18. The smallest absolute Gasteiger partial charge is 0.315 e. The lowest BCUT2D eigenvalue weighted by molar-refractivity contribution is -0.386. The van der Waals surface area contributed by atoms with E-state index in [2.05, 4.69) is 5.32 Å². The van der Waals surface area contributed by atoms with Crippen LogP contribution in [0, 0.1) is 10.1 Å². The van der Waals surface area contributed by atoms with Crippen molar-refractivity contribution in [2.75, 3.05) is 13.7 Å². The average Bonchev–Trinajstić information content (AvgIpc) is 2.59. The molecule has 0 aliphatic rings. The number of nitrogens with one attached hydrogen (secondary N) is 1. The Kier molecular flexibility index (Phi) is 5.67. The molecule has 0 heterocycles. The second-order valence-corrected chi connectivity index (χ2v) is 5.21. The quantitative estimate of drug-likeness (QED) is 0.606. The predicted molar refractivity (Wildman–Crippen MR) is 87.5 cm³/mol. The second kappa shape index (κ2) is 7.71. The maximum Gasteiger partial charge on any atom is 0.315 e. The Morgan fingerprint density at radius 1 is 1.22 bits per heavy atom. The lowest BCUT2D eigenvalue weighted by Crippen LogP contribution is -2.25. The highest BCUT2D eigenvalue weighted by atomic mass is 16.6. The van der Waals surface area contributed by atoms with Gasteiger partial charge in [-0.15, -0.1) is 0 Å². The number of hydrogen-bond acceptors (Lipinski definition) is 5. The Morgan fingerprint density at radius 3 is 2.52 bits per heavy atom. The number of methoxy groups -OCH3 is 1. The number of aliphatic hydroxyl groups is 1. The van der Waals surface area contributed by atoms with Crippen molar-refractivity contribution in [3.05, 3.63) is 69.8 Å². The third-order valence-electron chi connectivity index (χ3n) is 3.70. The summed E-state index contributed by atoms with van der Waals surface area (Å²) in [5.74, 6) is 0.227. The van der Waals surface area contributed by atoms with Crippen molar-refractivity contribution in [3.8, 4) is 5.75 Å². The zero-order chi connectivity index (χ0) is 16.8. The average molecular weight is 316 g/mol. The van der Waals surface area contributed by atoms with Crippen LogP contribution in [0.4, 0.5) is 5.69 Å². The number of para-hydroxylation sites is 1. The Bertz CT molecular complexity index is 661. The first kappa shape index (κ1) is 16.9. The van der Waals surface area contributed by atoms with E-state index in [-0.39, 0.29) is 17.5 Å². The maximum atomic E-state index is 11.3. The number of aliphatic hydroxyl groups excluding tert-OH is 1. The van der Waals surface area contributed by atoms with Crippen LogP contribution in [0.25, 0.3) is 0 Å². The van der Waals surface area contributed by atoms with E-state index in [1.165, 1.54) is 7.11 Å². The minimum absolute atomic E-state index is 0.0517. The molecule has 0 bridgehead atoms. The summed E-state index contributed by atoms with van der Waals surface area (Å²) in [5.41, 5.74) is 1.27. The van der Waals surface area contributed by atoms with E-state index in [0.29, 0.717) is 12.1 Å². The van der Waals surface area contributed by atoms with Crippen LogP contribution in [0.5, 0.6) is 5.75 Å². The standard InChI is InChI=1S/C17H20N2O4/c1-12(18-11-15(20)13-7-4-3-5-8-13)14-9-6-10-16(23-2)17(14)19(21)22/h3-10,12,15,18,20H,11H2,1-2H3. The zero-order valence-corrected chi connectivity index (χ0v) is 13.1. The number of rotatable bonds is 7. The van der Waals surface area contributed by atoms with Crippen molar-refractivity contribution in [2.24, 2.45) is 0 Å². The zero-order valence-electron chi connectivity index (χ0n) is 13.1. The molecule has 2 aromatic carbocycles. The highest BCUT2D eigenvalue weighted by Crippen LogP contribution is 2.34. The van der Waals surface area contributed by atoms with Crippen molar-refractivity contribution in [2.45, 2.75) is 19.1 Å². The van der Waals surface area contributed by atoms with Crippen LogP contribution in [-0.4, -0.2) is 23.7 Å². The van der Waals surface area contributed by atoms with Crippen LogP contribution in [0.1, 0.15) is 30.2 Å². The summed E-state index contributed by atoms with van der Waals surface area (Å²) >= 11 is 0. The molecule has 0 saturated heterocycles. The lowest BCUT2D eigenvalue weighted by atomic mass is 10.0. The number of nitrogens with zero attached hydrogens (tertiary/aromatic N) is 1. The normalized spacial score (nSPS) is 13.3. The fourth-order valence-corrected chi connectivity index (χ4v) is 2.44. The summed E-state index contributed by atoms with van der Waals surface area (Å²) in [7, 11) is 1.41.